The van der Waals surface area contributed by atoms with Gasteiger partial charge in [0.15, 0.2) is 4.77 Å². The topological polar surface area (TPSA) is 42.8 Å². The van der Waals surface area contributed by atoms with E-state index in [1.165, 1.54) is 0 Å². The van der Waals surface area contributed by atoms with Gasteiger partial charge >= 0.3 is 0 Å². The second-order valence-electron chi connectivity index (χ2n) is 2.70. The molecule has 0 amide bonds. The molecule has 0 saturated heterocycles. The number of pyridine rings is 1. The van der Waals surface area contributed by atoms with Crippen molar-refractivity contribution in [3.8, 4) is 5.88 Å². The van der Waals surface area contributed by atoms with E-state index in [1.54, 1.807) is 13.3 Å². The van der Waals surface area contributed by atoms with Crippen molar-refractivity contribution in [1.29, 1.82) is 0 Å². The SMILES string of the molecule is COc1nccc2c1[nH]c(=S)n2C. The highest BCUT2D eigenvalue weighted by molar-refractivity contribution is 7.71. The molecule has 68 valence electrons. The second-order valence-corrected chi connectivity index (χ2v) is 3.09. The number of hydrogen-bond acceptors (Lipinski definition) is 3. The first-order valence-electron chi connectivity index (χ1n) is 3.81. The number of aromatic amines is 1. The average molecular weight is 195 g/mol. The molecule has 4 nitrogen and oxygen atoms in total. The highest BCUT2D eigenvalue weighted by Gasteiger charge is 2.06. The van der Waals surface area contributed by atoms with Crippen LogP contribution in [0.1, 0.15) is 0 Å². The van der Waals surface area contributed by atoms with Gasteiger partial charge in [-0.3, -0.25) is 0 Å². The summed E-state index contributed by atoms with van der Waals surface area (Å²) in [5.41, 5.74) is 1.84. The number of ether oxygens (including phenoxy) is 1. The van der Waals surface area contributed by atoms with Crippen LogP contribution < -0.4 is 4.74 Å². The Labute approximate surface area is 80.2 Å². The average Bonchev–Trinajstić information content (AvgIpc) is 2.43. The molecular formula is C8H9N3OS. The summed E-state index contributed by atoms with van der Waals surface area (Å²) >= 11 is 5.09. The van der Waals surface area contributed by atoms with Crippen LogP contribution in [0.4, 0.5) is 0 Å². The minimum absolute atomic E-state index is 0.573. The summed E-state index contributed by atoms with van der Waals surface area (Å²) in [5, 5.41) is 0. The van der Waals surface area contributed by atoms with Crippen LogP contribution in [0, 0.1) is 4.77 Å². The first-order chi connectivity index (χ1) is 6.24. The maximum Gasteiger partial charge on any atom is 0.239 e. The van der Waals surface area contributed by atoms with Gasteiger partial charge in [-0.1, -0.05) is 0 Å². The molecular weight excluding hydrogens is 186 g/mol. The van der Waals surface area contributed by atoms with Crippen LogP contribution in [-0.2, 0) is 7.05 Å². The maximum absolute atomic E-state index is 5.09. The fourth-order valence-corrected chi connectivity index (χ4v) is 1.49. The normalized spacial score (nSPS) is 10.6. The van der Waals surface area contributed by atoms with Crippen LogP contribution in [0.5, 0.6) is 5.88 Å². The van der Waals surface area contributed by atoms with Gasteiger partial charge < -0.3 is 14.3 Å². The number of aryl methyl sites for hydroxylation is 1. The molecule has 5 heteroatoms. The Kier molecular flexibility index (Phi) is 1.81. The fraction of sp³-hybridized carbons (Fsp3) is 0.250. The van der Waals surface area contributed by atoms with Crippen molar-refractivity contribution in [3.05, 3.63) is 17.0 Å². The molecule has 0 spiro atoms. The number of aromatic nitrogens is 3. The third-order valence-corrected chi connectivity index (χ3v) is 2.36. The van der Waals surface area contributed by atoms with Gasteiger partial charge in [0, 0.05) is 13.2 Å². The molecule has 0 fully saturated rings. The highest BCUT2D eigenvalue weighted by atomic mass is 32.1. The molecule has 0 aliphatic carbocycles. The van der Waals surface area contributed by atoms with E-state index < -0.39 is 0 Å². The number of nitrogens with one attached hydrogen (secondary N) is 1. The van der Waals surface area contributed by atoms with Gasteiger partial charge in [-0.2, -0.15) is 0 Å². The molecule has 2 heterocycles. The lowest BCUT2D eigenvalue weighted by molar-refractivity contribution is 0.402. The van der Waals surface area contributed by atoms with E-state index in [1.807, 2.05) is 17.7 Å². The maximum atomic E-state index is 5.09. The van der Waals surface area contributed by atoms with E-state index >= 15 is 0 Å². The minimum Gasteiger partial charge on any atom is -0.479 e. The molecule has 0 unspecified atom stereocenters. The quantitative estimate of drug-likeness (QED) is 0.703. The molecule has 0 aliphatic rings. The third kappa shape index (κ3) is 1.12. The summed E-state index contributed by atoms with van der Waals surface area (Å²) in [4.78, 5) is 7.10. The molecule has 2 aromatic heterocycles. The van der Waals surface area contributed by atoms with Crippen LogP contribution in [0.3, 0.4) is 0 Å². The largest absolute Gasteiger partial charge is 0.479 e. The Morgan fingerprint density at radius 1 is 1.62 bits per heavy atom. The molecule has 1 N–H and O–H groups in total. The van der Waals surface area contributed by atoms with E-state index in [9.17, 15) is 0 Å². The van der Waals surface area contributed by atoms with Crippen molar-refractivity contribution in [3.63, 3.8) is 0 Å². The van der Waals surface area contributed by atoms with Crippen LogP contribution in [-0.4, -0.2) is 21.6 Å². The Bertz CT molecular complexity index is 500. The van der Waals surface area contributed by atoms with Crippen molar-refractivity contribution < 1.29 is 4.74 Å². The van der Waals surface area contributed by atoms with E-state index in [4.69, 9.17) is 17.0 Å². The summed E-state index contributed by atoms with van der Waals surface area (Å²) in [5.74, 6) is 0.573. The van der Waals surface area contributed by atoms with Crippen molar-refractivity contribution in [1.82, 2.24) is 14.5 Å². The van der Waals surface area contributed by atoms with Gasteiger partial charge in [-0.05, 0) is 18.3 Å². The molecule has 0 radical (unpaired) electrons. The number of fused-ring (bicyclic) bond motifs is 1. The predicted octanol–water partition coefficient (Wildman–Crippen LogP) is 1.64. The van der Waals surface area contributed by atoms with Crippen LogP contribution in [0.15, 0.2) is 12.3 Å². The standard InChI is InChI=1S/C8H9N3OS/c1-11-5-3-4-9-7(12-2)6(5)10-8(11)13/h3-4H,1-2H3,(H,10,13). The first-order valence-corrected chi connectivity index (χ1v) is 4.22. The second kappa shape index (κ2) is 2.85. The number of nitrogens with zero attached hydrogens (tertiary/aromatic N) is 2. The summed E-state index contributed by atoms with van der Waals surface area (Å²) in [6, 6.07) is 1.89. The Hall–Kier alpha value is -1.36. The lowest BCUT2D eigenvalue weighted by Crippen LogP contribution is -1.89. The van der Waals surface area contributed by atoms with Gasteiger partial charge in [-0.25, -0.2) is 4.98 Å². The minimum atomic E-state index is 0.573. The first kappa shape index (κ1) is 8.25. The summed E-state index contributed by atoms with van der Waals surface area (Å²) < 4.78 is 7.65. The van der Waals surface area contributed by atoms with Gasteiger partial charge in [0.05, 0.1) is 12.6 Å². The third-order valence-electron chi connectivity index (χ3n) is 1.99. The molecule has 13 heavy (non-hydrogen) atoms. The molecule has 0 atom stereocenters. The van der Waals surface area contributed by atoms with Crippen LogP contribution >= 0.6 is 12.2 Å². The highest BCUT2D eigenvalue weighted by Crippen LogP contribution is 2.20. The van der Waals surface area contributed by atoms with Crippen molar-refractivity contribution in [2.45, 2.75) is 0 Å². The van der Waals surface area contributed by atoms with Gasteiger partial charge in [0.1, 0.15) is 5.52 Å². The van der Waals surface area contributed by atoms with Crippen molar-refractivity contribution in [2.24, 2.45) is 7.05 Å². The molecule has 0 aromatic carbocycles. The predicted molar refractivity (Wildman–Crippen MR) is 52.5 cm³/mol. The van der Waals surface area contributed by atoms with Crippen molar-refractivity contribution in [2.75, 3.05) is 7.11 Å². The number of imidazole rings is 1. The molecule has 2 aromatic rings. The molecule has 0 saturated carbocycles. The van der Waals surface area contributed by atoms with E-state index in [0.29, 0.717) is 10.7 Å². The lowest BCUT2D eigenvalue weighted by atomic mass is 10.4. The summed E-state index contributed by atoms with van der Waals surface area (Å²) in [6.07, 6.45) is 1.70. The van der Waals surface area contributed by atoms with Crippen LogP contribution in [0.2, 0.25) is 0 Å². The van der Waals surface area contributed by atoms with Gasteiger partial charge in [0.2, 0.25) is 5.88 Å². The van der Waals surface area contributed by atoms with E-state index in [-0.39, 0.29) is 0 Å². The number of rotatable bonds is 1. The van der Waals surface area contributed by atoms with Gasteiger partial charge in [0.25, 0.3) is 0 Å². The van der Waals surface area contributed by atoms with Crippen LogP contribution in [0.25, 0.3) is 11.0 Å². The zero-order valence-corrected chi connectivity index (χ0v) is 8.18. The number of H-pyrrole nitrogens is 1. The Balaban J connectivity index is 2.92. The molecule has 2 rings (SSSR count). The van der Waals surface area contributed by atoms with E-state index in [2.05, 4.69) is 9.97 Å². The number of hydrogen-bond donors (Lipinski definition) is 1. The monoisotopic (exact) mass is 195 g/mol. The van der Waals surface area contributed by atoms with Crippen molar-refractivity contribution >= 4 is 23.3 Å². The summed E-state index contributed by atoms with van der Waals surface area (Å²) in [6.45, 7) is 0. The molecule has 0 bridgehead atoms. The zero-order valence-electron chi connectivity index (χ0n) is 7.37. The fourth-order valence-electron chi connectivity index (χ4n) is 1.28. The van der Waals surface area contributed by atoms with Gasteiger partial charge in [-0.15, -0.1) is 0 Å². The Morgan fingerprint density at radius 2 is 2.38 bits per heavy atom. The smallest absolute Gasteiger partial charge is 0.239 e. The molecule has 0 aliphatic heterocycles. The Morgan fingerprint density at radius 3 is 3.08 bits per heavy atom. The summed E-state index contributed by atoms with van der Waals surface area (Å²) in [7, 11) is 3.49. The lowest BCUT2D eigenvalue weighted by Gasteiger charge is -1.98. The van der Waals surface area contributed by atoms with E-state index in [0.717, 1.165) is 11.0 Å². The number of methoxy groups -OCH3 is 1. The zero-order chi connectivity index (χ0) is 9.42.